The number of para-hydroxylation sites is 2. The number of nitrogens with one attached hydrogen (secondary N) is 2. The lowest BCUT2D eigenvalue weighted by atomic mass is 10.2. The maximum atomic E-state index is 13.0. The first-order chi connectivity index (χ1) is 19.1. The first kappa shape index (κ1) is 27.7. The Balaban J connectivity index is 1.49. The topological polar surface area (TPSA) is 131 Å². The molecular formula is C28H31N5O5S2. The summed E-state index contributed by atoms with van der Waals surface area (Å²) in [6, 6.07) is 19.8. The van der Waals surface area contributed by atoms with E-state index in [-0.39, 0.29) is 16.4 Å². The highest BCUT2D eigenvalue weighted by atomic mass is 32.2. The Morgan fingerprint density at radius 1 is 0.900 bits per heavy atom. The SMILES string of the molecule is COc1cc(N2CCS(=O)(=O)CC2)ccc1Nc1nc(Nc2ccccc2S(=O)(=O)C(C)C)c2ccccc2n1. The number of sulfone groups is 2. The lowest BCUT2D eigenvalue weighted by Gasteiger charge is -2.29. The molecule has 0 radical (unpaired) electrons. The van der Waals surface area contributed by atoms with E-state index in [1.807, 2.05) is 47.4 Å². The first-order valence-electron chi connectivity index (χ1n) is 12.8. The summed E-state index contributed by atoms with van der Waals surface area (Å²) in [4.78, 5) is 11.6. The third kappa shape index (κ3) is 5.68. The van der Waals surface area contributed by atoms with Gasteiger partial charge in [0.05, 0.1) is 45.7 Å². The van der Waals surface area contributed by atoms with Crippen molar-refractivity contribution in [3.63, 3.8) is 0 Å². The molecule has 1 fully saturated rings. The van der Waals surface area contributed by atoms with Crippen LogP contribution in [-0.2, 0) is 19.7 Å². The fourth-order valence-electron chi connectivity index (χ4n) is 4.50. The van der Waals surface area contributed by atoms with Crippen LogP contribution in [0.25, 0.3) is 10.9 Å². The van der Waals surface area contributed by atoms with Crippen molar-refractivity contribution in [2.75, 3.05) is 47.2 Å². The molecule has 210 valence electrons. The number of rotatable bonds is 8. The number of fused-ring (bicyclic) bond motifs is 1. The summed E-state index contributed by atoms with van der Waals surface area (Å²) in [5.41, 5.74) is 2.58. The molecule has 0 aliphatic carbocycles. The van der Waals surface area contributed by atoms with E-state index in [4.69, 9.17) is 9.72 Å². The molecule has 0 amide bonds. The van der Waals surface area contributed by atoms with Gasteiger partial charge in [0.15, 0.2) is 19.7 Å². The second-order valence-corrected chi connectivity index (χ2v) is 14.6. The van der Waals surface area contributed by atoms with E-state index in [9.17, 15) is 16.8 Å². The molecule has 5 rings (SSSR count). The number of nitrogens with zero attached hydrogens (tertiary/aromatic N) is 3. The standard InChI is InChI=1S/C28H31N5O5S2/c1-19(2)40(36,37)26-11-7-6-10-24(26)29-27-21-8-4-5-9-22(21)30-28(32-27)31-23-13-12-20(18-25(23)38-3)33-14-16-39(34,35)17-15-33/h4-13,18-19H,14-17H2,1-3H3,(H2,29,30,31,32). The molecule has 10 nitrogen and oxygen atoms in total. The quantitative estimate of drug-likeness (QED) is 0.306. The zero-order valence-corrected chi connectivity index (χ0v) is 24.1. The molecular weight excluding hydrogens is 550 g/mol. The average molecular weight is 582 g/mol. The van der Waals surface area contributed by atoms with Crippen molar-refractivity contribution in [1.82, 2.24) is 9.97 Å². The van der Waals surface area contributed by atoms with Gasteiger partial charge in [-0.1, -0.05) is 24.3 Å². The van der Waals surface area contributed by atoms with Gasteiger partial charge in [0.1, 0.15) is 11.6 Å². The van der Waals surface area contributed by atoms with Gasteiger partial charge in [-0.25, -0.2) is 21.8 Å². The van der Waals surface area contributed by atoms with Crippen molar-refractivity contribution >= 4 is 59.4 Å². The third-order valence-electron chi connectivity index (χ3n) is 6.81. The summed E-state index contributed by atoms with van der Waals surface area (Å²) in [6.45, 7) is 4.16. The zero-order chi connectivity index (χ0) is 28.5. The van der Waals surface area contributed by atoms with E-state index in [1.54, 1.807) is 45.2 Å². The molecule has 3 aromatic carbocycles. The van der Waals surface area contributed by atoms with Crippen LogP contribution in [-0.4, -0.2) is 63.8 Å². The minimum atomic E-state index is -3.54. The summed E-state index contributed by atoms with van der Waals surface area (Å²) < 4.78 is 55.3. The molecule has 1 aliphatic rings. The van der Waals surface area contributed by atoms with E-state index in [1.165, 1.54) is 0 Å². The number of aromatic nitrogens is 2. The van der Waals surface area contributed by atoms with Crippen LogP contribution >= 0.6 is 0 Å². The van der Waals surface area contributed by atoms with Crippen LogP contribution < -0.4 is 20.3 Å². The van der Waals surface area contributed by atoms with Crippen molar-refractivity contribution in [2.24, 2.45) is 0 Å². The highest BCUT2D eigenvalue weighted by molar-refractivity contribution is 7.92. The van der Waals surface area contributed by atoms with Crippen molar-refractivity contribution < 1.29 is 21.6 Å². The fraction of sp³-hybridized carbons (Fsp3) is 0.286. The van der Waals surface area contributed by atoms with Crippen LogP contribution in [0.4, 0.5) is 28.8 Å². The van der Waals surface area contributed by atoms with Gasteiger partial charge in [-0.05, 0) is 50.2 Å². The van der Waals surface area contributed by atoms with Gasteiger partial charge in [0.25, 0.3) is 0 Å². The van der Waals surface area contributed by atoms with E-state index in [2.05, 4.69) is 15.6 Å². The number of ether oxygens (including phenoxy) is 1. The lowest BCUT2D eigenvalue weighted by molar-refractivity contribution is 0.416. The Labute approximate surface area is 234 Å². The molecule has 0 unspecified atom stereocenters. The number of methoxy groups -OCH3 is 1. The van der Waals surface area contributed by atoms with Crippen LogP contribution in [0, 0.1) is 0 Å². The van der Waals surface area contributed by atoms with Gasteiger partial charge < -0.3 is 20.3 Å². The van der Waals surface area contributed by atoms with Gasteiger partial charge in [-0.2, -0.15) is 4.98 Å². The molecule has 4 aromatic rings. The minimum absolute atomic E-state index is 0.123. The Hall–Kier alpha value is -3.90. The van der Waals surface area contributed by atoms with Crippen LogP contribution in [0.15, 0.2) is 71.6 Å². The lowest BCUT2D eigenvalue weighted by Crippen LogP contribution is -2.40. The summed E-state index contributed by atoms with van der Waals surface area (Å²) in [6.07, 6.45) is 0. The number of hydrogen-bond acceptors (Lipinski definition) is 10. The van der Waals surface area contributed by atoms with E-state index < -0.39 is 24.9 Å². The molecule has 2 N–H and O–H groups in total. The smallest absolute Gasteiger partial charge is 0.229 e. The van der Waals surface area contributed by atoms with Gasteiger partial charge >= 0.3 is 0 Å². The summed E-state index contributed by atoms with van der Waals surface area (Å²) in [7, 11) is -4.97. The monoisotopic (exact) mass is 581 g/mol. The van der Waals surface area contributed by atoms with Crippen LogP contribution in [0.3, 0.4) is 0 Å². The third-order valence-corrected chi connectivity index (χ3v) is 10.6. The Bertz CT molecular complexity index is 1760. The number of anilines is 5. The molecule has 0 spiro atoms. The number of benzene rings is 3. The Morgan fingerprint density at radius 2 is 1.60 bits per heavy atom. The first-order valence-corrected chi connectivity index (χ1v) is 16.2. The molecule has 1 saturated heterocycles. The van der Waals surface area contributed by atoms with Gasteiger partial charge in [0, 0.05) is 30.2 Å². The van der Waals surface area contributed by atoms with Crippen LogP contribution in [0.5, 0.6) is 5.75 Å². The van der Waals surface area contributed by atoms with Crippen LogP contribution in [0.1, 0.15) is 13.8 Å². The summed E-state index contributed by atoms with van der Waals surface area (Å²) >= 11 is 0. The average Bonchev–Trinajstić information content (AvgIpc) is 2.93. The van der Waals surface area contributed by atoms with Crippen LogP contribution in [0.2, 0.25) is 0 Å². The largest absolute Gasteiger partial charge is 0.494 e. The predicted molar refractivity (Wildman–Crippen MR) is 159 cm³/mol. The molecule has 12 heteroatoms. The maximum absolute atomic E-state index is 13.0. The highest BCUT2D eigenvalue weighted by Gasteiger charge is 2.24. The second kappa shape index (κ2) is 10.9. The summed E-state index contributed by atoms with van der Waals surface area (Å²) in [5, 5.41) is 6.61. The van der Waals surface area contributed by atoms with Crippen molar-refractivity contribution in [1.29, 1.82) is 0 Å². The van der Waals surface area contributed by atoms with Crippen molar-refractivity contribution in [3.05, 3.63) is 66.7 Å². The van der Waals surface area contributed by atoms with Gasteiger partial charge in [-0.3, -0.25) is 0 Å². The van der Waals surface area contributed by atoms with Crippen molar-refractivity contribution in [2.45, 2.75) is 24.0 Å². The van der Waals surface area contributed by atoms with E-state index in [0.717, 1.165) is 11.1 Å². The predicted octanol–water partition coefficient (Wildman–Crippen LogP) is 4.54. The van der Waals surface area contributed by atoms with Gasteiger partial charge in [0.2, 0.25) is 5.95 Å². The molecule has 0 atom stereocenters. The van der Waals surface area contributed by atoms with E-state index >= 15 is 0 Å². The number of hydrogen-bond donors (Lipinski definition) is 2. The summed E-state index contributed by atoms with van der Waals surface area (Å²) in [5.74, 6) is 1.53. The normalized spacial score (nSPS) is 15.2. The maximum Gasteiger partial charge on any atom is 0.229 e. The highest BCUT2D eigenvalue weighted by Crippen LogP contribution is 2.34. The molecule has 1 aromatic heterocycles. The van der Waals surface area contributed by atoms with E-state index in [0.29, 0.717) is 47.5 Å². The minimum Gasteiger partial charge on any atom is -0.494 e. The molecule has 1 aliphatic heterocycles. The van der Waals surface area contributed by atoms with Crippen molar-refractivity contribution in [3.8, 4) is 5.75 Å². The van der Waals surface area contributed by atoms with Gasteiger partial charge in [-0.15, -0.1) is 0 Å². The Morgan fingerprint density at radius 3 is 2.33 bits per heavy atom. The molecule has 2 heterocycles. The zero-order valence-electron chi connectivity index (χ0n) is 22.5. The Kier molecular flexibility index (Phi) is 7.56. The fourth-order valence-corrected chi connectivity index (χ4v) is 6.90. The molecule has 0 bridgehead atoms. The molecule has 40 heavy (non-hydrogen) atoms. The molecule has 0 saturated carbocycles. The second-order valence-electron chi connectivity index (χ2n) is 9.78.